The van der Waals surface area contributed by atoms with E-state index in [1.807, 2.05) is 6.92 Å². The topological polar surface area (TPSA) is 32.7 Å². The molecule has 1 fully saturated rings. The van der Waals surface area contributed by atoms with Crippen molar-refractivity contribution >= 4 is 0 Å². The van der Waals surface area contributed by atoms with Crippen LogP contribution in [0.3, 0.4) is 0 Å². The molecule has 3 heteroatoms. The minimum atomic E-state index is -0.119. The molecule has 0 aromatic carbocycles. The van der Waals surface area contributed by atoms with Crippen LogP contribution in [0.5, 0.6) is 0 Å². The molecule has 13 heavy (non-hydrogen) atoms. The largest absolute Gasteiger partial charge is 0.391 e. The molecule has 0 aromatic heterocycles. The van der Waals surface area contributed by atoms with Gasteiger partial charge in [0.15, 0.2) is 0 Å². The molecule has 1 rings (SSSR count). The Balaban J connectivity index is 2.18. The summed E-state index contributed by atoms with van der Waals surface area (Å²) in [4.78, 5) is 2.22. The Morgan fingerprint density at radius 2 is 2.23 bits per heavy atom. The van der Waals surface area contributed by atoms with E-state index in [0.717, 1.165) is 39.0 Å². The van der Waals surface area contributed by atoms with Crippen LogP contribution in [0.4, 0.5) is 0 Å². The van der Waals surface area contributed by atoms with Gasteiger partial charge in [-0.3, -0.25) is 4.90 Å². The number of hydrogen-bond donors (Lipinski definition) is 1. The highest BCUT2D eigenvalue weighted by Crippen LogP contribution is 2.22. The first-order valence-electron chi connectivity index (χ1n) is 5.21. The molecular weight excluding hydrogens is 166 g/mol. The highest BCUT2D eigenvalue weighted by Gasteiger charge is 2.28. The van der Waals surface area contributed by atoms with Crippen LogP contribution in [0.15, 0.2) is 0 Å². The van der Waals surface area contributed by atoms with E-state index >= 15 is 0 Å². The van der Waals surface area contributed by atoms with Gasteiger partial charge in [-0.2, -0.15) is 0 Å². The normalized spacial score (nSPS) is 28.6. The van der Waals surface area contributed by atoms with Gasteiger partial charge < -0.3 is 9.84 Å². The quantitative estimate of drug-likeness (QED) is 0.648. The second kappa shape index (κ2) is 5.58. The second-order valence-corrected chi connectivity index (χ2v) is 3.74. The summed E-state index contributed by atoms with van der Waals surface area (Å²) in [5.41, 5.74) is 0. The third-order valence-electron chi connectivity index (χ3n) is 2.80. The predicted molar refractivity (Wildman–Crippen MR) is 52.8 cm³/mol. The van der Waals surface area contributed by atoms with Crippen LogP contribution in [0.1, 0.15) is 26.2 Å². The van der Waals surface area contributed by atoms with Crippen molar-refractivity contribution in [2.45, 2.75) is 38.3 Å². The van der Waals surface area contributed by atoms with Gasteiger partial charge >= 0.3 is 0 Å². The Kier molecular flexibility index (Phi) is 4.70. The number of nitrogens with zero attached hydrogens (tertiary/aromatic N) is 1. The average molecular weight is 187 g/mol. The Labute approximate surface area is 80.7 Å². The van der Waals surface area contributed by atoms with E-state index in [1.165, 1.54) is 0 Å². The molecule has 1 aliphatic rings. The summed E-state index contributed by atoms with van der Waals surface area (Å²) in [7, 11) is 2.07. The summed E-state index contributed by atoms with van der Waals surface area (Å²) >= 11 is 0. The zero-order valence-electron chi connectivity index (χ0n) is 8.70. The van der Waals surface area contributed by atoms with Crippen LogP contribution in [-0.2, 0) is 4.74 Å². The molecule has 0 amide bonds. The lowest BCUT2D eigenvalue weighted by Gasteiger charge is -2.26. The van der Waals surface area contributed by atoms with Crippen molar-refractivity contribution in [3.05, 3.63) is 0 Å². The van der Waals surface area contributed by atoms with Crippen molar-refractivity contribution < 1.29 is 9.84 Å². The molecule has 0 bridgehead atoms. The van der Waals surface area contributed by atoms with Gasteiger partial charge in [0.05, 0.1) is 12.7 Å². The summed E-state index contributed by atoms with van der Waals surface area (Å²) in [6.45, 7) is 4.48. The van der Waals surface area contributed by atoms with Crippen molar-refractivity contribution in [1.29, 1.82) is 0 Å². The van der Waals surface area contributed by atoms with Crippen LogP contribution in [0.25, 0.3) is 0 Å². The molecular formula is C10H21NO2. The molecule has 0 aliphatic heterocycles. The van der Waals surface area contributed by atoms with Crippen LogP contribution < -0.4 is 0 Å². The van der Waals surface area contributed by atoms with E-state index in [2.05, 4.69) is 11.9 Å². The molecule has 1 aliphatic carbocycles. The fraction of sp³-hybridized carbons (Fsp3) is 1.00. The van der Waals surface area contributed by atoms with Crippen molar-refractivity contribution in [2.24, 2.45) is 0 Å². The Morgan fingerprint density at radius 3 is 2.77 bits per heavy atom. The molecule has 1 saturated carbocycles. The predicted octanol–water partition coefficient (Wildman–Crippen LogP) is 0.868. The molecule has 0 spiro atoms. The van der Waals surface area contributed by atoms with E-state index in [9.17, 15) is 5.11 Å². The first-order valence-corrected chi connectivity index (χ1v) is 5.21. The second-order valence-electron chi connectivity index (χ2n) is 3.74. The van der Waals surface area contributed by atoms with Crippen LogP contribution in [0, 0.1) is 0 Å². The monoisotopic (exact) mass is 187 g/mol. The van der Waals surface area contributed by atoms with Gasteiger partial charge in [0.1, 0.15) is 0 Å². The fourth-order valence-electron chi connectivity index (χ4n) is 1.95. The van der Waals surface area contributed by atoms with Gasteiger partial charge in [-0.25, -0.2) is 0 Å². The van der Waals surface area contributed by atoms with Crippen LogP contribution >= 0.6 is 0 Å². The number of hydrogen-bond acceptors (Lipinski definition) is 3. The lowest BCUT2D eigenvalue weighted by Crippen LogP contribution is -2.39. The molecule has 2 atom stereocenters. The Morgan fingerprint density at radius 1 is 1.46 bits per heavy atom. The Bertz CT molecular complexity index is 141. The van der Waals surface area contributed by atoms with Gasteiger partial charge in [-0.05, 0) is 33.2 Å². The SMILES string of the molecule is CCOCCN(C)C1CCCC1O. The van der Waals surface area contributed by atoms with Gasteiger partial charge in [-0.1, -0.05) is 0 Å². The number of ether oxygens (including phenoxy) is 1. The maximum absolute atomic E-state index is 9.63. The van der Waals surface area contributed by atoms with Crippen molar-refractivity contribution in [3.8, 4) is 0 Å². The van der Waals surface area contributed by atoms with Gasteiger partial charge in [0.25, 0.3) is 0 Å². The fourth-order valence-corrected chi connectivity index (χ4v) is 1.95. The van der Waals surface area contributed by atoms with Crippen molar-refractivity contribution in [3.63, 3.8) is 0 Å². The molecule has 0 saturated heterocycles. The average Bonchev–Trinajstić information content (AvgIpc) is 2.52. The van der Waals surface area contributed by atoms with E-state index in [-0.39, 0.29) is 6.10 Å². The maximum Gasteiger partial charge on any atom is 0.0695 e. The van der Waals surface area contributed by atoms with Gasteiger partial charge in [-0.15, -0.1) is 0 Å². The Hall–Kier alpha value is -0.120. The van der Waals surface area contributed by atoms with Crippen LogP contribution in [-0.4, -0.2) is 49.0 Å². The highest BCUT2D eigenvalue weighted by molar-refractivity contribution is 4.83. The zero-order valence-corrected chi connectivity index (χ0v) is 8.70. The summed E-state index contributed by atoms with van der Waals surface area (Å²) in [5.74, 6) is 0. The lowest BCUT2D eigenvalue weighted by atomic mass is 10.2. The van der Waals surface area contributed by atoms with Crippen LogP contribution in [0.2, 0.25) is 0 Å². The first kappa shape index (κ1) is 11.0. The van der Waals surface area contributed by atoms with Crippen molar-refractivity contribution in [1.82, 2.24) is 4.90 Å². The van der Waals surface area contributed by atoms with E-state index < -0.39 is 0 Å². The molecule has 0 heterocycles. The summed E-state index contributed by atoms with van der Waals surface area (Å²) in [6, 6.07) is 0.362. The molecule has 2 unspecified atom stereocenters. The van der Waals surface area contributed by atoms with Gasteiger partial charge in [0, 0.05) is 19.2 Å². The standard InChI is InChI=1S/C10H21NO2/c1-3-13-8-7-11(2)9-5-4-6-10(9)12/h9-10,12H,3-8H2,1-2H3. The maximum atomic E-state index is 9.63. The lowest BCUT2D eigenvalue weighted by molar-refractivity contribution is 0.0591. The highest BCUT2D eigenvalue weighted by atomic mass is 16.5. The number of aliphatic hydroxyl groups excluding tert-OH is 1. The minimum Gasteiger partial charge on any atom is -0.391 e. The van der Waals surface area contributed by atoms with Gasteiger partial charge in [0.2, 0.25) is 0 Å². The summed E-state index contributed by atoms with van der Waals surface area (Å²) in [6.07, 6.45) is 3.13. The first-order chi connectivity index (χ1) is 6.25. The zero-order chi connectivity index (χ0) is 9.68. The van der Waals surface area contributed by atoms with E-state index in [0.29, 0.717) is 6.04 Å². The van der Waals surface area contributed by atoms with E-state index in [1.54, 1.807) is 0 Å². The number of aliphatic hydroxyl groups is 1. The smallest absolute Gasteiger partial charge is 0.0695 e. The molecule has 78 valence electrons. The summed E-state index contributed by atoms with van der Waals surface area (Å²) in [5, 5.41) is 9.63. The number of rotatable bonds is 5. The van der Waals surface area contributed by atoms with E-state index in [4.69, 9.17) is 4.74 Å². The molecule has 3 nitrogen and oxygen atoms in total. The third kappa shape index (κ3) is 3.25. The summed E-state index contributed by atoms with van der Waals surface area (Å²) < 4.78 is 5.28. The third-order valence-corrected chi connectivity index (χ3v) is 2.80. The molecule has 1 N–H and O–H groups in total. The number of likely N-dealkylation sites (N-methyl/N-ethyl adjacent to an activating group) is 1. The molecule has 0 radical (unpaired) electrons. The van der Waals surface area contributed by atoms with Crippen molar-refractivity contribution in [2.75, 3.05) is 26.8 Å². The molecule has 0 aromatic rings. The minimum absolute atomic E-state index is 0.119.